The number of hydrogen-bond donors (Lipinski definition) is 0. The average Bonchev–Trinajstić information content (AvgIpc) is 2.38. The van der Waals surface area contributed by atoms with E-state index in [2.05, 4.69) is 56.0 Å². The number of nitrogens with zero attached hydrogens (tertiary/aromatic N) is 1. The second kappa shape index (κ2) is 7.09. The van der Waals surface area contributed by atoms with Crippen molar-refractivity contribution in [2.45, 2.75) is 52.5 Å². The third-order valence-electron chi connectivity index (χ3n) is 4.35. The van der Waals surface area contributed by atoms with E-state index in [1.807, 2.05) is 0 Å². The summed E-state index contributed by atoms with van der Waals surface area (Å²) in [6, 6.07) is 11.7. The summed E-state index contributed by atoms with van der Waals surface area (Å²) in [5.74, 6) is 1.72. The summed E-state index contributed by atoms with van der Waals surface area (Å²) in [5.41, 5.74) is 1.49. The summed E-state index contributed by atoms with van der Waals surface area (Å²) in [7, 11) is 0. The fraction of sp³-hybridized carbons (Fsp3) is 0.667. The summed E-state index contributed by atoms with van der Waals surface area (Å²) < 4.78 is 0. The molecule has 3 atom stereocenters. The van der Waals surface area contributed by atoms with Crippen molar-refractivity contribution in [1.82, 2.24) is 4.90 Å². The zero-order valence-electron chi connectivity index (χ0n) is 12.8. The lowest BCUT2D eigenvalue weighted by Gasteiger charge is -2.40. The maximum Gasteiger partial charge on any atom is 0.0136 e. The van der Waals surface area contributed by atoms with Crippen LogP contribution in [-0.4, -0.2) is 24.0 Å². The van der Waals surface area contributed by atoms with Crippen molar-refractivity contribution in [1.29, 1.82) is 0 Å². The fourth-order valence-electron chi connectivity index (χ4n) is 3.64. The maximum atomic E-state index is 2.76. The molecule has 106 valence electrons. The molecule has 1 saturated heterocycles. The van der Waals surface area contributed by atoms with Crippen LogP contribution in [0, 0.1) is 11.8 Å². The highest BCUT2D eigenvalue weighted by Gasteiger charge is 2.26. The van der Waals surface area contributed by atoms with Crippen LogP contribution in [0.2, 0.25) is 0 Å². The van der Waals surface area contributed by atoms with E-state index in [1.165, 1.54) is 44.3 Å². The first kappa shape index (κ1) is 14.6. The normalized spacial score (nSPS) is 26.3. The highest BCUT2D eigenvalue weighted by Crippen LogP contribution is 2.25. The first-order valence-corrected chi connectivity index (χ1v) is 7.97. The van der Waals surface area contributed by atoms with E-state index in [0.717, 1.165) is 17.9 Å². The van der Waals surface area contributed by atoms with Gasteiger partial charge in [0.1, 0.15) is 0 Å². The van der Waals surface area contributed by atoms with Gasteiger partial charge in [0, 0.05) is 19.1 Å². The van der Waals surface area contributed by atoms with Crippen molar-refractivity contribution in [3.63, 3.8) is 0 Å². The molecule has 0 radical (unpaired) electrons. The quantitative estimate of drug-likeness (QED) is 0.758. The second-order valence-corrected chi connectivity index (χ2v) is 6.53. The lowest BCUT2D eigenvalue weighted by molar-refractivity contribution is 0.0901. The lowest BCUT2D eigenvalue weighted by atomic mass is 9.89. The van der Waals surface area contributed by atoms with Gasteiger partial charge in [-0.05, 0) is 36.7 Å². The first-order chi connectivity index (χ1) is 9.19. The molecule has 1 heterocycles. The summed E-state index contributed by atoms with van der Waals surface area (Å²) in [6.45, 7) is 9.72. The maximum absolute atomic E-state index is 2.76. The van der Waals surface area contributed by atoms with Crippen molar-refractivity contribution in [3.05, 3.63) is 35.9 Å². The Bertz CT molecular complexity index is 349. The molecule has 1 fully saturated rings. The minimum absolute atomic E-state index is 0.734. The number of hydrogen-bond acceptors (Lipinski definition) is 1. The third-order valence-corrected chi connectivity index (χ3v) is 4.35. The van der Waals surface area contributed by atoms with Gasteiger partial charge in [-0.1, -0.05) is 57.5 Å². The Labute approximate surface area is 119 Å². The van der Waals surface area contributed by atoms with Crippen LogP contribution < -0.4 is 0 Å². The largest absolute Gasteiger partial charge is 0.300 e. The van der Waals surface area contributed by atoms with Gasteiger partial charge in [0.2, 0.25) is 0 Å². The van der Waals surface area contributed by atoms with Crippen molar-refractivity contribution >= 4 is 0 Å². The molecule has 3 unspecified atom stereocenters. The van der Waals surface area contributed by atoms with Gasteiger partial charge in [-0.3, -0.25) is 4.90 Å². The van der Waals surface area contributed by atoms with Gasteiger partial charge in [-0.15, -0.1) is 0 Å². The van der Waals surface area contributed by atoms with Gasteiger partial charge in [0.05, 0.1) is 0 Å². The Kier molecular flexibility index (Phi) is 5.45. The summed E-state index contributed by atoms with van der Waals surface area (Å²) in [4.78, 5) is 2.76. The van der Waals surface area contributed by atoms with Crippen molar-refractivity contribution in [2.75, 3.05) is 13.1 Å². The Morgan fingerprint density at radius 2 is 1.74 bits per heavy atom. The third kappa shape index (κ3) is 4.35. The van der Waals surface area contributed by atoms with E-state index in [-0.39, 0.29) is 0 Å². The van der Waals surface area contributed by atoms with Gasteiger partial charge >= 0.3 is 0 Å². The van der Waals surface area contributed by atoms with E-state index in [1.54, 1.807) is 0 Å². The van der Waals surface area contributed by atoms with Crippen molar-refractivity contribution in [3.8, 4) is 0 Å². The Hall–Kier alpha value is -0.820. The van der Waals surface area contributed by atoms with E-state index in [9.17, 15) is 0 Å². The molecule has 0 spiro atoms. The van der Waals surface area contributed by atoms with Gasteiger partial charge in [0.15, 0.2) is 0 Å². The molecule has 0 aromatic heterocycles. The van der Waals surface area contributed by atoms with Gasteiger partial charge in [0.25, 0.3) is 0 Å². The number of benzene rings is 1. The van der Waals surface area contributed by atoms with Crippen LogP contribution in [0.1, 0.15) is 45.6 Å². The fourth-order valence-corrected chi connectivity index (χ4v) is 3.64. The SMILES string of the molecule is CCCC(Cc1ccccc1)N1CC(C)CC(C)C1. The summed E-state index contributed by atoms with van der Waals surface area (Å²) >= 11 is 0. The molecule has 0 amide bonds. The van der Waals surface area contributed by atoms with Crippen LogP contribution in [0.4, 0.5) is 0 Å². The molecule has 0 bridgehead atoms. The predicted octanol–water partition coefficient (Wildman–Crippen LogP) is 4.38. The molecule has 1 aromatic carbocycles. The van der Waals surface area contributed by atoms with Crippen LogP contribution in [0.15, 0.2) is 30.3 Å². The standard InChI is InChI=1S/C18H29N/c1-4-8-18(12-17-9-6-5-7-10-17)19-13-15(2)11-16(3)14-19/h5-7,9-10,15-16,18H,4,8,11-14H2,1-3H3. The molecular weight excluding hydrogens is 230 g/mol. The Morgan fingerprint density at radius 3 is 2.32 bits per heavy atom. The molecule has 2 rings (SSSR count). The van der Waals surface area contributed by atoms with Crippen LogP contribution in [0.3, 0.4) is 0 Å². The Balaban J connectivity index is 2.02. The van der Waals surface area contributed by atoms with Crippen LogP contribution >= 0.6 is 0 Å². The van der Waals surface area contributed by atoms with E-state index < -0.39 is 0 Å². The van der Waals surface area contributed by atoms with E-state index in [0.29, 0.717) is 0 Å². The first-order valence-electron chi connectivity index (χ1n) is 7.97. The molecule has 1 nitrogen and oxygen atoms in total. The van der Waals surface area contributed by atoms with Gasteiger partial charge in [-0.2, -0.15) is 0 Å². The number of likely N-dealkylation sites (tertiary alicyclic amines) is 1. The van der Waals surface area contributed by atoms with Crippen molar-refractivity contribution < 1.29 is 0 Å². The molecule has 1 aromatic rings. The topological polar surface area (TPSA) is 3.24 Å². The molecule has 19 heavy (non-hydrogen) atoms. The predicted molar refractivity (Wildman–Crippen MR) is 83.4 cm³/mol. The molecule has 1 aliphatic rings. The number of piperidine rings is 1. The highest BCUT2D eigenvalue weighted by molar-refractivity contribution is 5.16. The minimum Gasteiger partial charge on any atom is -0.300 e. The van der Waals surface area contributed by atoms with Crippen LogP contribution in [-0.2, 0) is 6.42 Å². The van der Waals surface area contributed by atoms with E-state index >= 15 is 0 Å². The second-order valence-electron chi connectivity index (χ2n) is 6.53. The molecule has 1 heteroatoms. The molecular formula is C18H29N. The lowest BCUT2D eigenvalue weighted by Crippen LogP contribution is -2.46. The van der Waals surface area contributed by atoms with Gasteiger partial charge in [-0.25, -0.2) is 0 Å². The monoisotopic (exact) mass is 259 g/mol. The van der Waals surface area contributed by atoms with Crippen molar-refractivity contribution in [2.24, 2.45) is 11.8 Å². The average molecular weight is 259 g/mol. The van der Waals surface area contributed by atoms with Crippen LogP contribution in [0.25, 0.3) is 0 Å². The highest BCUT2D eigenvalue weighted by atomic mass is 15.2. The van der Waals surface area contributed by atoms with Gasteiger partial charge < -0.3 is 0 Å². The Morgan fingerprint density at radius 1 is 1.11 bits per heavy atom. The minimum atomic E-state index is 0.734. The molecule has 0 N–H and O–H groups in total. The zero-order chi connectivity index (χ0) is 13.7. The molecule has 0 saturated carbocycles. The zero-order valence-corrected chi connectivity index (χ0v) is 12.8. The number of rotatable bonds is 5. The molecule has 1 aliphatic heterocycles. The summed E-state index contributed by atoms with van der Waals surface area (Å²) in [5, 5.41) is 0. The van der Waals surface area contributed by atoms with Crippen LogP contribution in [0.5, 0.6) is 0 Å². The summed E-state index contributed by atoms with van der Waals surface area (Å²) in [6.07, 6.45) is 5.24. The molecule has 0 aliphatic carbocycles. The smallest absolute Gasteiger partial charge is 0.0136 e. The van der Waals surface area contributed by atoms with E-state index in [4.69, 9.17) is 0 Å².